The molecule has 1 saturated heterocycles. The summed E-state index contributed by atoms with van der Waals surface area (Å²) >= 11 is 0. The molecule has 2 N–H and O–H groups in total. The molecule has 7 nitrogen and oxygen atoms in total. The summed E-state index contributed by atoms with van der Waals surface area (Å²) in [7, 11) is 1.82. The number of non-ortho nitro benzene ring substituents is 1. The summed E-state index contributed by atoms with van der Waals surface area (Å²) in [5, 5.41) is 17.6. The van der Waals surface area contributed by atoms with Crippen molar-refractivity contribution in [3.8, 4) is 0 Å². The maximum Gasteiger partial charge on any atom is 0.269 e. The van der Waals surface area contributed by atoms with Crippen molar-refractivity contribution in [2.24, 2.45) is 10.9 Å². The van der Waals surface area contributed by atoms with Crippen LogP contribution in [0.1, 0.15) is 45.1 Å². The number of hydrogen-bond acceptors (Lipinski definition) is 4. The SMILES string of the molecule is CN=C(NCCCCc1ccc([N+](=O)[O-])cc1)NC1CCN(CC(C)C)CC1.I. The lowest BCUT2D eigenvalue weighted by Gasteiger charge is -2.34. The summed E-state index contributed by atoms with van der Waals surface area (Å²) in [6, 6.07) is 7.34. The summed E-state index contributed by atoms with van der Waals surface area (Å²) in [5.74, 6) is 1.61. The highest BCUT2D eigenvalue weighted by Crippen LogP contribution is 2.14. The second-order valence-electron chi connectivity index (χ2n) is 7.99. The number of nitrogens with zero attached hydrogens (tertiary/aromatic N) is 3. The van der Waals surface area contributed by atoms with E-state index in [-0.39, 0.29) is 34.6 Å². The van der Waals surface area contributed by atoms with Crippen LogP contribution < -0.4 is 10.6 Å². The van der Waals surface area contributed by atoms with E-state index in [2.05, 4.69) is 34.4 Å². The molecule has 0 atom stereocenters. The molecule has 1 aromatic carbocycles. The molecule has 29 heavy (non-hydrogen) atoms. The van der Waals surface area contributed by atoms with Crippen molar-refractivity contribution in [2.75, 3.05) is 33.2 Å². The second-order valence-corrected chi connectivity index (χ2v) is 7.99. The number of hydrogen-bond donors (Lipinski definition) is 2. The predicted molar refractivity (Wildman–Crippen MR) is 130 cm³/mol. The van der Waals surface area contributed by atoms with Gasteiger partial charge >= 0.3 is 0 Å². The second kappa shape index (κ2) is 13.7. The molecule has 0 bridgehead atoms. The van der Waals surface area contributed by atoms with Gasteiger partial charge in [-0.05, 0) is 43.6 Å². The van der Waals surface area contributed by atoms with E-state index in [1.54, 1.807) is 12.1 Å². The minimum atomic E-state index is -0.361. The van der Waals surface area contributed by atoms with Crippen LogP contribution in [0.15, 0.2) is 29.3 Å². The number of piperidine rings is 1. The highest BCUT2D eigenvalue weighted by atomic mass is 127. The van der Waals surface area contributed by atoms with Gasteiger partial charge in [-0.1, -0.05) is 26.0 Å². The van der Waals surface area contributed by atoms with Gasteiger partial charge in [-0.3, -0.25) is 15.1 Å². The van der Waals surface area contributed by atoms with Crippen LogP contribution in [0.25, 0.3) is 0 Å². The highest BCUT2D eigenvalue weighted by molar-refractivity contribution is 14.0. The number of halogens is 1. The monoisotopic (exact) mass is 517 g/mol. The molecule has 2 rings (SSSR count). The molecule has 1 aliphatic rings. The van der Waals surface area contributed by atoms with E-state index in [9.17, 15) is 10.1 Å². The van der Waals surface area contributed by atoms with Crippen molar-refractivity contribution in [3.05, 3.63) is 39.9 Å². The Balaban J connectivity index is 0.00000420. The van der Waals surface area contributed by atoms with Gasteiger partial charge in [0.2, 0.25) is 0 Å². The minimum Gasteiger partial charge on any atom is -0.356 e. The average Bonchev–Trinajstić information content (AvgIpc) is 2.68. The first-order chi connectivity index (χ1) is 13.5. The van der Waals surface area contributed by atoms with Crippen molar-refractivity contribution in [2.45, 2.75) is 52.0 Å². The lowest BCUT2D eigenvalue weighted by molar-refractivity contribution is -0.384. The average molecular weight is 517 g/mol. The number of aliphatic imine (C=N–C) groups is 1. The molecule has 164 valence electrons. The summed E-state index contributed by atoms with van der Waals surface area (Å²) in [5.41, 5.74) is 1.29. The molecular weight excluding hydrogens is 481 g/mol. The zero-order chi connectivity index (χ0) is 20.4. The smallest absolute Gasteiger partial charge is 0.269 e. The first-order valence-electron chi connectivity index (χ1n) is 10.4. The number of guanidine groups is 1. The molecule has 1 fully saturated rings. The number of unbranched alkanes of at least 4 members (excludes halogenated alkanes) is 1. The van der Waals surface area contributed by atoms with Crippen molar-refractivity contribution < 1.29 is 4.92 Å². The van der Waals surface area contributed by atoms with Crippen molar-refractivity contribution >= 4 is 35.6 Å². The molecule has 0 aliphatic carbocycles. The van der Waals surface area contributed by atoms with E-state index in [0.717, 1.165) is 69.2 Å². The molecule has 0 unspecified atom stereocenters. The Bertz CT molecular complexity index is 628. The number of aryl methyl sites for hydroxylation is 1. The third kappa shape index (κ3) is 9.75. The van der Waals surface area contributed by atoms with Gasteiger partial charge in [0, 0.05) is 51.4 Å². The maximum absolute atomic E-state index is 10.7. The van der Waals surface area contributed by atoms with E-state index in [0.29, 0.717) is 6.04 Å². The molecule has 1 aliphatic heterocycles. The van der Waals surface area contributed by atoms with Crippen LogP contribution in [-0.2, 0) is 6.42 Å². The van der Waals surface area contributed by atoms with Gasteiger partial charge in [0.1, 0.15) is 0 Å². The summed E-state index contributed by atoms with van der Waals surface area (Å²) in [6.45, 7) is 8.92. The zero-order valence-corrected chi connectivity index (χ0v) is 20.2. The van der Waals surface area contributed by atoms with Crippen molar-refractivity contribution in [3.63, 3.8) is 0 Å². The Morgan fingerprint density at radius 3 is 2.45 bits per heavy atom. The van der Waals surface area contributed by atoms with E-state index in [4.69, 9.17) is 0 Å². The van der Waals surface area contributed by atoms with E-state index in [1.165, 1.54) is 6.54 Å². The number of benzene rings is 1. The molecule has 8 heteroatoms. The summed E-state index contributed by atoms with van der Waals surface area (Å²) in [6.07, 6.45) is 5.32. The van der Waals surface area contributed by atoms with E-state index < -0.39 is 0 Å². The van der Waals surface area contributed by atoms with Crippen LogP contribution in [0, 0.1) is 16.0 Å². The number of likely N-dealkylation sites (tertiary alicyclic amines) is 1. The fraction of sp³-hybridized carbons (Fsp3) is 0.667. The molecule has 0 spiro atoms. The first kappa shape index (κ1) is 25.6. The van der Waals surface area contributed by atoms with Crippen LogP contribution in [0.4, 0.5) is 5.69 Å². The molecule has 0 aromatic heterocycles. The van der Waals surface area contributed by atoms with Gasteiger partial charge in [0.25, 0.3) is 5.69 Å². The van der Waals surface area contributed by atoms with Crippen LogP contribution in [0.3, 0.4) is 0 Å². The van der Waals surface area contributed by atoms with Gasteiger partial charge < -0.3 is 15.5 Å². The lowest BCUT2D eigenvalue weighted by Crippen LogP contribution is -2.49. The fourth-order valence-corrected chi connectivity index (χ4v) is 3.61. The topological polar surface area (TPSA) is 82.8 Å². The van der Waals surface area contributed by atoms with Crippen LogP contribution in [0.5, 0.6) is 0 Å². The lowest BCUT2D eigenvalue weighted by atomic mass is 10.0. The van der Waals surface area contributed by atoms with Gasteiger partial charge in [-0.2, -0.15) is 0 Å². The Morgan fingerprint density at radius 1 is 1.24 bits per heavy atom. The van der Waals surface area contributed by atoms with Crippen molar-refractivity contribution in [1.29, 1.82) is 0 Å². The fourth-order valence-electron chi connectivity index (χ4n) is 3.61. The third-order valence-electron chi connectivity index (χ3n) is 5.11. The van der Waals surface area contributed by atoms with Crippen LogP contribution in [-0.4, -0.2) is 55.1 Å². The van der Waals surface area contributed by atoms with Gasteiger partial charge in [0.05, 0.1) is 4.92 Å². The standard InChI is InChI=1S/C21H35N5O2.HI/c1-17(2)16-25-14-11-19(12-15-25)24-21(22-3)23-13-5-4-6-18-7-9-20(10-8-18)26(27)28;/h7-10,17,19H,4-6,11-16H2,1-3H3,(H2,22,23,24);1H. The molecule has 0 amide bonds. The van der Waals surface area contributed by atoms with Gasteiger partial charge in [0.15, 0.2) is 5.96 Å². The summed E-state index contributed by atoms with van der Waals surface area (Å²) < 4.78 is 0. The molecule has 0 radical (unpaired) electrons. The minimum absolute atomic E-state index is 0. The van der Waals surface area contributed by atoms with Gasteiger partial charge in [-0.15, -0.1) is 24.0 Å². The number of nitro groups is 1. The molecule has 1 heterocycles. The van der Waals surface area contributed by atoms with E-state index >= 15 is 0 Å². The number of nitrogens with one attached hydrogen (secondary N) is 2. The molecule has 0 saturated carbocycles. The quantitative estimate of drug-likeness (QED) is 0.130. The first-order valence-corrected chi connectivity index (χ1v) is 10.4. The Hall–Kier alpha value is -1.42. The number of nitro benzene ring substituents is 1. The van der Waals surface area contributed by atoms with Crippen molar-refractivity contribution in [1.82, 2.24) is 15.5 Å². The van der Waals surface area contributed by atoms with Gasteiger partial charge in [-0.25, -0.2) is 0 Å². The Kier molecular flexibility index (Phi) is 12.1. The summed E-state index contributed by atoms with van der Waals surface area (Å²) in [4.78, 5) is 17.2. The normalized spacial score (nSPS) is 15.8. The Morgan fingerprint density at radius 2 is 1.90 bits per heavy atom. The van der Waals surface area contributed by atoms with Crippen LogP contribution >= 0.6 is 24.0 Å². The maximum atomic E-state index is 10.7. The largest absolute Gasteiger partial charge is 0.356 e. The Labute approximate surface area is 191 Å². The third-order valence-corrected chi connectivity index (χ3v) is 5.11. The zero-order valence-electron chi connectivity index (χ0n) is 17.9. The predicted octanol–water partition coefficient (Wildman–Crippen LogP) is 3.82. The van der Waals surface area contributed by atoms with Crippen LogP contribution in [0.2, 0.25) is 0 Å². The number of rotatable bonds is 9. The van der Waals surface area contributed by atoms with E-state index in [1.807, 2.05) is 19.2 Å². The molecule has 1 aromatic rings. The highest BCUT2D eigenvalue weighted by Gasteiger charge is 2.20. The molecular formula is C21H36IN5O2.